The first-order chi connectivity index (χ1) is 9.33. The van der Waals surface area contributed by atoms with Crippen LogP contribution in [0.25, 0.3) is 0 Å². The second-order valence-electron chi connectivity index (χ2n) is 5.87. The summed E-state index contributed by atoms with van der Waals surface area (Å²) in [6.07, 6.45) is 4.22. The van der Waals surface area contributed by atoms with Gasteiger partial charge < -0.3 is 5.73 Å². The van der Waals surface area contributed by atoms with Crippen molar-refractivity contribution in [2.45, 2.75) is 57.4 Å². The van der Waals surface area contributed by atoms with Crippen LogP contribution >= 0.6 is 0 Å². The zero-order valence-corrected chi connectivity index (χ0v) is 13.3. The summed E-state index contributed by atoms with van der Waals surface area (Å²) in [7, 11) is -3.50. The zero-order valence-electron chi connectivity index (χ0n) is 12.4. The molecule has 1 fully saturated rings. The molecule has 4 nitrogen and oxygen atoms in total. The topological polar surface area (TPSA) is 72.2 Å². The number of anilines is 1. The largest absolute Gasteiger partial charge is 0.399 e. The molecule has 3 N–H and O–H groups in total. The molecule has 1 unspecified atom stereocenters. The van der Waals surface area contributed by atoms with Crippen molar-refractivity contribution in [3.8, 4) is 0 Å². The molecule has 0 aromatic heterocycles. The van der Waals surface area contributed by atoms with Gasteiger partial charge >= 0.3 is 0 Å². The number of nitrogens with two attached hydrogens (primary N) is 1. The molecule has 0 aliphatic heterocycles. The number of benzene rings is 1. The minimum absolute atomic E-state index is 0.0219. The van der Waals surface area contributed by atoms with Crippen molar-refractivity contribution >= 4 is 15.7 Å². The second-order valence-corrected chi connectivity index (χ2v) is 7.55. The van der Waals surface area contributed by atoms with Crippen LogP contribution in [0.4, 0.5) is 5.69 Å². The molecular formula is C15H24N2O2S. The molecule has 0 radical (unpaired) electrons. The summed E-state index contributed by atoms with van der Waals surface area (Å²) >= 11 is 0. The molecule has 0 heterocycles. The van der Waals surface area contributed by atoms with E-state index in [0.29, 0.717) is 16.5 Å². The van der Waals surface area contributed by atoms with Crippen molar-refractivity contribution in [1.29, 1.82) is 0 Å². The molecule has 0 spiro atoms. The number of aryl methyl sites for hydroxylation is 1. The van der Waals surface area contributed by atoms with E-state index in [0.717, 1.165) is 24.0 Å². The molecule has 0 saturated heterocycles. The molecule has 1 aromatic carbocycles. The third-order valence-corrected chi connectivity index (χ3v) is 5.71. The van der Waals surface area contributed by atoms with Crippen molar-refractivity contribution in [2.75, 3.05) is 5.73 Å². The standard InChI is InChI=1S/C15H24N2O2S/c1-4-14(8-12-5-6-12)17-20(18,19)15-9-13(16)7-10(2)11(15)3/h7,9,12,14,17H,4-6,8,16H2,1-3H3. The fourth-order valence-corrected chi connectivity index (χ4v) is 4.15. The quantitative estimate of drug-likeness (QED) is 0.793. The smallest absolute Gasteiger partial charge is 0.241 e. The average Bonchev–Trinajstić information content (AvgIpc) is 3.16. The molecule has 1 aromatic rings. The van der Waals surface area contributed by atoms with E-state index in [4.69, 9.17) is 5.73 Å². The van der Waals surface area contributed by atoms with Crippen molar-refractivity contribution < 1.29 is 8.42 Å². The summed E-state index contributed by atoms with van der Waals surface area (Å²) < 4.78 is 28.0. The fourth-order valence-electron chi connectivity index (χ4n) is 2.47. The van der Waals surface area contributed by atoms with Crippen LogP contribution in [0.3, 0.4) is 0 Å². The van der Waals surface area contributed by atoms with Crippen LogP contribution in [0.2, 0.25) is 0 Å². The van der Waals surface area contributed by atoms with Crippen LogP contribution in [0.5, 0.6) is 0 Å². The van der Waals surface area contributed by atoms with E-state index in [-0.39, 0.29) is 6.04 Å². The lowest BCUT2D eigenvalue weighted by Crippen LogP contribution is -2.35. The van der Waals surface area contributed by atoms with Crippen LogP contribution in [0, 0.1) is 19.8 Å². The maximum atomic E-state index is 12.6. The molecule has 1 aliphatic carbocycles. The van der Waals surface area contributed by atoms with Crippen molar-refractivity contribution in [3.63, 3.8) is 0 Å². The molecule has 5 heteroatoms. The first-order valence-electron chi connectivity index (χ1n) is 7.22. The Kier molecular flexibility index (Phi) is 4.39. The van der Waals surface area contributed by atoms with Crippen LogP contribution in [0.15, 0.2) is 17.0 Å². The third-order valence-electron chi connectivity index (χ3n) is 4.06. The Hall–Kier alpha value is -1.07. The highest BCUT2D eigenvalue weighted by Crippen LogP contribution is 2.34. The van der Waals surface area contributed by atoms with Gasteiger partial charge in [-0.3, -0.25) is 0 Å². The number of hydrogen-bond acceptors (Lipinski definition) is 3. The van der Waals surface area contributed by atoms with Gasteiger partial charge in [0.15, 0.2) is 0 Å². The minimum Gasteiger partial charge on any atom is -0.399 e. The summed E-state index contributed by atoms with van der Waals surface area (Å²) in [4.78, 5) is 0.309. The van der Waals surface area contributed by atoms with Gasteiger partial charge in [0.2, 0.25) is 10.0 Å². The summed E-state index contributed by atoms with van der Waals surface area (Å²) in [5.41, 5.74) is 7.95. The Bertz CT molecular complexity index is 592. The maximum absolute atomic E-state index is 12.6. The van der Waals surface area contributed by atoms with E-state index < -0.39 is 10.0 Å². The summed E-state index contributed by atoms with van der Waals surface area (Å²) in [6, 6.07) is 3.37. The second kappa shape index (κ2) is 5.74. The number of nitrogen functional groups attached to an aromatic ring is 1. The van der Waals surface area contributed by atoms with Gasteiger partial charge in [0, 0.05) is 11.7 Å². The van der Waals surface area contributed by atoms with E-state index in [1.165, 1.54) is 12.8 Å². The van der Waals surface area contributed by atoms with Gasteiger partial charge in [-0.05, 0) is 55.9 Å². The van der Waals surface area contributed by atoms with Crippen LogP contribution < -0.4 is 10.5 Å². The number of hydrogen-bond donors (Lipinski definition) is 2. The Morgan fingerprint density at radius 2 is 2.00 bits per heavy atom. The number of sulfonamides is 1. The van der Waals surface area contributed by atoms with E-state index in [9.17, 15) is 8.42 Å². The van der Waals surface area contributed by atoms with E-state index in [2.05, 4.69) is 4.72 Å². The minimum atomic E-state index is -3.50. The molecule has 0 bridgehead atoms. The molecule has 112 valence electrons. The summed E-state index contributed by atoms with van der Waals surface area (Å²) in [5, 5.41) is 0. The summed E-state index contributed by atoms with van der Waals surface area (Å²) in [6.45, 7) is 5.73. The maximum Gasteiger partial charge on any atom is 0.241 e. The summed E-state index contributed by atoms with van der Waals surface area (Å²) in [5.74, 6) is 0.700. The lowest BCUT2D eigenvalue weighted by molar-refractivity contribution is 0.495. The van der Waals surface area contributed by atoms with Gasteiger partial charge in [0.25, 0.3) is 0 Å². The van der Waals surface area contributed by atoms with E-state index >= 15 is 0 Å². The van der Waals surface area contributed by atoms with E-state index in [1.807, 2.05) is 20.8 Å². The van der Waals surface area contributed by atoms with Crippen LogP contribution in [-0.4, -0.2) is 14.5 Å². The first kappa shape index (κ1) is 15.3. The molecule has 1 aliphatic rings. The molecule has 1 saturated carbocycles. The third kappa shape index (κ3) is 3.52. The van der Waals surface area contributed by atoms with Gasteiger partial charge in [-0.25, -0.2) is 13.1 Å². The highest BCUT2D eigenvalue weighted by Gasteiger charge is 2.28. The van der Waals surface area contributed by atoms with Gasteiger partial charge in [-0.15, -0.1) is 0 Å². The lowest BCUT2D eigenvalue weighted by Gasteiger charge is -2.18. The Balaban J connectivity index is 2.24. The Labute approximate surface area is 121 Å². The normalized spacial score (nSPS) is 17.1. The van der Waals surface area contributed by atoms with Crippen molar-refractivity contribution in [3.05, 3.63) is 23.3 Å². The van der Waals surface area contributed by atoms with Gasteiger partial charge in [0.1, 0.15) is 0 Å². The number of nitrogens with one attached hydrogen (secondary N) is 1. The van der Waals surface area contributed by atoms with Crippen LogP contribution in [0.1, 0.15) is 43.7 Å². The molecular weight excluding hydrogens is 272 g/mol. The Morgan fingerprint density at radius 1 is 1.35 bits per heavy atom. The predicted octanol–water partition coefficient (Wildman–Crippen LogP) is 2.74. The predicted molar refractivity (Wildman–Crippen MR) is 82.1 cm³/mol. The van der Waals surface area contributed by atoms with Crippen molar-refractivity contribution in [1.82, 2.24) is 4.72 Å². The molecule has 1 atom stereocenters. The fraction of sp³-hybridized carbons (Fsp3) is 0.600. The van der Waals surface area contributed by atoms with Gasteiger partial charge in [0.05, 0.1) is 4.90 Å². The lowest BCUT2D eigenvalue weighted by atomic mass is 10.1. The van der Waals surface area contributed by atoms with E-state index in [1.54, 1.807) is 12.1 Å². The first-order valence-corrected chi connectivity index (χ1v) is 8.71. The van der Waals surface area contributed by atoms with Gasteiger partial charge in [-0.2, -0.15) is 0 Å². The van der Waals surface area contributed by atoms with Crippen molar-refractivity contribution in [2.24, 2.45) is 5.92 Å². The molecule has 20 heavy (non-hydrogen) atoms. The zero-order chi connectivity index (χ0) is 14.9. The molecule has 0 amide bonds. The highest BCUT2D eigenvalue weighted by atomic mass is 32.2. The van der Waals surface area contributed by atoms with Crippen LogP contribution in [-0.2, 0) is 10.0 Å². The number of rotatable bonds is 6. The highest BCUT2D eigenvalue weighted by molar-refractivity contribution is 7.89. The Morgan fingerprint density at radius 3 is 2.55 bits per heavy atom. The SMILES string of the molecule is CCC(CC1CC1)NS(=O)(=O)c1cc(N)cc(C)c1C. The van der Waals surface area contributed by atoms with Gasteiger partial charge in [-0.1, -0.05) is 19.8 Å². The average molecular weight is 296 g/mol. The molecule has 2 rings (SSSR count). The monoisotopic (exact) mass is 296 g/mol.